The van der Waals surface area contributed by atoms with E-state index < -0.39 is 0 Å². The highest BCUT2D eigenvalue weighted by atomic mass is 16.7. The van der Waals surface area contributed by atoms with Gasteiger partial charge in [-0.1, -0.05) is 0 Å². The summed E-state index contributed by atoms with van der Waals surface area (Å²) in [5.41, 5.74) is 0.517. The molecular formula is C15H21NO4. The third kappa shape index (κ3) is 3.22. The molecule has 5 nitrogen and oxygen atoms in total. The van der Waals surface area contributed by atoms with Crippen molar-refractivity contribution in [3.8, 4) is 11.5 Å². The highest BCUT2D eigenvalue weighted by Crippen LogP contribution is 2.32. The fourth-order valence-corrected chi connectivity index (χ4v) is 2.35. The second-order valence-corrected chi connectivity index (χ2v) is 4.88. The molecule has 1 fully saturated rings. The minimum atomic E-state index is -0.216. The van der Waals surface area contributed by atoms with E-state index in [1.54, 1.807) is 32.4 Å². The van der Waals surface area contributed by atoms with Crippen molar-refractivity contribution >= 4 is 5.91 Å². The van der Waals surface area contributed by atoms with Crippen molar-refractivity contribution in [1.82, 2.24) is 5.06 Å². The van der Waals surface area contributed by atoms with Crippen molar-refractivity contribution in [3.63, 3.8) is 0 Å². The van der Waals surface area contributed by atoms with Gasteiger partial charge < -0.3 is 9.47 Å². The predicted octanol–water partition coefficient (Wildman–Crippen LogP) is 2.65. The van der Waals surface area contributed by atoms with E-state index in [0.29, 0.717) is 17.1 Å². The zero-order chi connectivity index (χ0) is 14.5. The van der Waals surface area contributed by atoms with E-state index in [-0.39, 0.29) is 12.0 Å². The van der Waals surface area contributed by atoms with Crippen LogP contribution in [0, 0.1) is 0 Å². The average molecular weight is 279 g/mol. The molecule has 0 spiro atoms. The summed E-state index contributed by atoms with van der Waals surface area (Å²) >= 11 is 0. The topological polar surface area (TPSA) is 48.0 Å². The first-order chi connectivity index (χ1) is 9.65. The van der Waals surface area contributed by atoms with Crippen LogP contribution in [-0.2, 0) is 4.84 Å². The zero-order valence-electron chi connectivity index (χ0n) is 12.2. The normalized spacial score (nSPS) is 15.2. The van der Waals surface area contributed by atoms with Crippen LogP contribution in [0.1, 0.15) is 36.0 Å². The third-order valence-corrected chi connectivity index (χ3v) is 3.57. The number of methoxy groups -OCH3 is 1. The summed E-state index contributed by atoms with van der Waals surface area (Å²) in [5, 5.41) is 1.18. The van der Waals surface area contributed by atoms with E-state index in [2.05, 4.69) is 0 Å². The highest BCUT2D eigenvalue weighted by molar-refractivity contribution is 5.94. The first-order valence-electron chi connectivity index (χ1n) is 6.82. The molecular weight excluding hydrogens is 258 g/mol. The Morgan fingerprint density at radius 2 is 1.90 bits per heavy atom. The van der Waals surface area contributed by atoms with E-state index >= 15 is 0 Å². The number of hydrogen-bond donors (Lipinski definition) is 0. The Hall–Kier alpha value is -1.75. The Balaban J connectivity index is 2.21. The van der Waals surface area contributed by atoms with Crippen molar-refractivity contribution in [2.24, 2.45) is 0 Å². The first-order valence-corrected chi connectivity index (χ1v) is 6.82. The summed E-state index contributed by atoms with van der Waals surface area (Å²) < 4.78 is 11.3. The number of carbonyl (C=O) groups is 1. The standard InChI is InChI=1S/C15H21NO4/c1-16(19-3)15(17)11-8-9-13(18-2)14(10-11)20-12-6-4-5-7-12/h8-10,12H,4-7H2,1-3H3. The van der Waals surface area contributed by atoms with Gasteiger partial charge in [0.25, 0.3) is 5.91 Å². The number of hydroxylamine groups is 2. The Labute approximate surface area is 119 Å². The molecule has 0 unspecified atom stereocenters. The van der Waals surface area contributed by atoms with Crippen LogP contribution < -0.4 is 9.47 Å². The van der Waals surface area contributed by atoms with Gasteiger partial charge in [-0.25, -0.2) is 5.06 Å². The lowest BCUT2D eigenvalue weighted by molar-refractivity contribution is -0.0757. The molecule has 1 aliphatic rings. The van der Waals surface area contributed by atoms with E-state index in [0.717, 1.165) is 12.8 Å². The quantitative estimate of drug-likeness (QED) is 0.777. The number of hydrogen-bond acceptors (Lipinski definition) is 4. The van der Waals surface area contributed by atoms with Crippen molar-refractivity contribution in [1.29, 1.82) is 0 Å². The minimum absolute atomic E-state index is 0.216. The van der Waals surface area contributed by atoms with Gasteiger partial charge in [-0.15, -0.1) is 0 Å². The van der Waals surface area contributed by atoms with Crippen molar-refractivity contribution in [2.75, 3.05) is 21.3 Å². The Kier molecular flexibility index (Phi) is 4.84. The molecule has 20 heavy (non-hydrogen) atoms. The first kappa shape index (κ1) is 14.7. The van der Waals surface area contributed by atoms with Crippen LogP contribution >= 0.6 is 0 Å². The lowest BCUT2D eigenvalue weighted by Gasteiger charge is -2.18. The molecule has 0 bridgehead atoms. The molecule has 2 rings (SSSR count). The minimum Gasteiger partial charge on any atom is -0.493 e. The van der Waals surface area contributed by atoms with Gasteiger partial charge in [-0.05, 0) is 43.9 Å². The SMILES string of the molecule is COc1ccc(C(=O)N(C)OC)cc1OC1CCCC1. The van der Waals surface area contributed by atoms with E-state index in [4.69, 9.17) is 14.3 Å². The van der Waals surface area contributed by atoms with Gasteiger partial charge in [-0.2, -0.15) is 0 Å². The maximum atomic E-state index is 12.1. The Morgan fingerprint density at radius 1 is 1.20 bits per heavy atom. The second kappa shape index (κ2) is 6.61. The molecule has 110 valence electrons. The molecule has 1 aromatic rings. The molecule has 0 saturated heterocycles. The van der Waals surface area contributed by atoms with Crippen molar-refractivity contribution in [3.05, 3.63) is 23.8 Å². The van der Waals surface area contributed by atoms with E-state index in [1.165, 1.54) is 25.0 Å². The van der Waals surface area contributed by atoms with E-state index in [9.17, 15) is 4.79 Å². The number of ether oxygens (including phenoxy) is 2. The summed E-state index contributed by atoms with van der Waals surface area (Å²) in [6.45, 7) is 0. The number of benzene rings is 1. The molecule has 0 aromatic heterocycles. The molecule has 1 amide bonds. The van der Waals surface area contributed by atoms with Crippen molar-refractivity contribution < 1.29 is 19.1 Å². The van der Waals surface area contributed by atoms with Crippen LogP contribution in [0.15, 0.2) is 18.2 Å². The van der Waals surface area contributed by atoms with Crippen LogP contribution in [0.3, 0.4) is 0 Å². The number of carbonyl (C=O) groups excluding carboxylic acids is 1. The van der Waals surface area contributed by atoms with Crippen LogP contribution in [0.4, 0.5) is 0 Å². The van der Waals surface area contributed by atoms with Crippen LogP contribution in [0.5, 0.6) is 11.5 Å². The van der Waals surface area contributed by atoms with Gasteiger partial charge in [0, 0.05) is 12.6 Å². The van der Waals surface area contributed by atoms with Gasteiger partial charge in [-0.3, -0.25) is 9.63 Å². The maximum Gasteiger partial charge on any atom is 0.277 e. The molecule has 0 radical (unpaired) electrons. The summed E-state index contributed by atoms with van der Waals surface area (Å²) in [5.74, 6) is 1.05. The van der Waals surface area contributed by atoms with Gasteiger partial charge in [0.15, 0.2) is 11.5 Å². The Bertz CT molecular complexity index is 469. The average Bonchev–Trinajstić information content (AvgIpc) is 2.98. The second-order valence-electron chi connectivity index (χ2n) is 4.88. The molecule has 1 aromatic carbocycles. The summed E-state index contributed by atoms with van der Waals surface area (Å²) in [7, 11) is 4.63. The molecule has 0 atom stereocenters. The third-order valence-electron chi connectivity index (χ3n) is 3.57. The fourth-order valence-electron chi connectivity index (χ4n) is 2.35. The Morgan fingerprint density at radius 3 is 2.50 bits per heavy atom. The highest BCUT2D eigenvalue weighted by Gasteiger charge is 2.20. The zero-order valence-corrected chi connectivity index (χ0v) is 12.2. The molecule has 1 aliphatic carbocycles. The molecule has 0 aliphatic heterocycles. The maximum absolute atomic E-state index is 12.1. The van der Waals surface area contributed by atoms with Gasteiger partial charge in [0.05, 0.1) is 20.3 Å². The summed E-state index contributed by atoms with van der Waals surface area (Å²) in [6, 6.07) is 5.17. The van der Waals surface area contributed by atoms with Crippen LogP contribution in [-0.4, -0.2) is 38.3 Å². The van der Waals surface area contributed by atoms with Gasteiger partial charge in [0.1, 0.15) is 0 Å². The lowest BCUT2D eigenvalue weighted by Crippen LogP contribution is -2.25. The predicted molar refractivity (Wildman–Crippen MR) is 75.0 cm³/mol. The number of rotatable bonds is 5. The number of nitrogens with zero attached hydrogens (tertiary/aromatic N) is 1. The van der Waals surface area contributed by atoms with Crippen LogP contribution in [0.25, 0.3) is 0 Å². The van der Waals surface area contributed by atoms with E-state index in [1.807, 2.05) is 0 Å². The molecule has 5 heteroatoms. The van der Waals surface area contributed by atoms with Gasteiger partial charge in [0.2, 0.25) is 0 Å². The summed E-state index contributed by atoms with van der Waals surface area (Å²) in [4.78, 5) is 17.0. The summed E-state index contributed by atoms with van der Waals surface area (Å²) in [6.07, 6.45) is 4.71. The molecule has 0 N–H and O–H groups in total. The number of amides is 1. The van der Waals surface area contributed by atoms with Crippen molar-refractivity contribution in [2.45, 2.75) is 31.8 Å². The monoisotopic (exact) mass is 279 g/mol. The van der Waals surface area contributed by atoms with Gasteiger partial charge >= 0.3 is 0 Å². The smallest absolute Gasteiger partial charge is 0.277 e. The fraction of sp³-hybridized carbons (Fsp3) is 0.533. The molecule has 1 saturated carbocycles. The largest absolute Gasteiger partial charge is 0.493 e. The lowest BCUT2D eigenvalue weighted by atomic mass is 10.2. The molecule has 0 heterocycles. The van der Waals surface area contributed by atoms with Crippen LogP contribution in [0.2, 0.25) is 0 Å².